The largest absolute Gasteiger partial charge is 0.366 e. The van der Waals surface area contributed by atoms with E-state index in [0.717, 1.165) is 0 Å². The van der Waals surface area contributed by atoms with E-state index in [0.29, 0.717) is 6.54 Å². The van der Waals surface area contributed by atoms with Crippen LogP contribution in [0, 0.1) is 0 Å². The topological polar surface area (TPSA) is 20.3 Å². The van der Waals surface area contributed by atoms with E-state index in [1.165, 1.54) is 0 Å². The van der Waals surface area contributed by atoms with E-state index in [1.54, 1.807) is 13.0 Å². The van der Waals surface area contributed by atoms with E-state index in [-0.39, 0.29) is 5.91 Å². The Hall–Kier alpha value is -0.833. The molecule has 0 heterocycles. The van der Waals surface area contributed by atoms with Gasteiger partial charge in [0, 0.05) is 13.5 Å². The van der Waals surface area contributed by atoms with Crippen molar-refractivity contribution in [1.29, 1.82) is 0 Å². The maximum Gasteiger partial charge on any atom is 0.211 e. The fraction of sp³-hybridized carbons (Fsp3) is 0.375. The zero-order valence-corrected chi connectivity index (χ0v) is 8.36. The fourth-order valence-corrected chi connectivity index (χ4v) is 2.16. The van der Waals surface area contributed by atoms with Crippen molar-refractivity contribution in [2.75, 3.05) is 6.54 Å². The maximum absolute atomic E-state index is 11.0. The van der Waals surface area contributed by atoms with Crippen LogP contribution in [0.3, 0.4) is 0 Å². The second kappa shape index (κ2) is 4.90. The molecule has 0 aliphatic carbocycles. The fourth-order valence-electron chi connectivity index (χ4n) is 0.848. The summed E-state index contributed by atoms with van der Waals surface area (Å²) in [5.74, 6) is 0.115. The van der Waals surface area contributed by atoms with Gasteiger partial charge >= 0.3 is 0 Å². The molecule has 0 fully saturated rings. The van der Waals surface area contributed by atoms with Crippen LogP contribution in [-0.2, 0) is 4.79 Å². The van der Waals surface area contributed by atoms with Crippen molar-refractivity contribution in [3.63, 3.8) is 0 Å². The van der Waals surface area contributed by atoms with Gasteiger partial charge in [-0.25, -0.2) is 0 Å². The van der Waals surface area contributed by atoms with Gasteiger partial charge in [0.05, 0.1) is 0 Å². The summed E-state index contributed by atoms with van der Waals surface area (Å²) >= 11 is 0. The molecule has 0 aromatic rings. The molecular weight excluding hydrogens is 154 g/mol. The Bertz CT molecular complexity index is 167. The minimum absolute atomic E-state index is 0.115. The minimum atomic E-state index is -1.20. The van der Waals surface area contributed by atoms with Crippen LogP contribution in [0.2, 0.25) is 6.55 Å². The zero-order chi connectivity index (χ0) is 8.85. The van der Waals surface area contributed by atoms with Crippen LogP contribution >= 0.6 is 0 Å². The normalized spacial score (nSPS) is 11.8. The van der Waals surface area contributed by atoms with Crippen LogP contribution in [0.1, 0.15) is 6.92 Å². The number of amides is 1. The van der Waals surface area contributed by atoms with Gasteiger partial charge in [-0.2, -0.15) is 0 Å². The first kappa shape index (κ1) is 10.2. The second-order valence-electron chi connectivity index (χ2n) is 2.44. The Morgan fingerprint density at radius 1 is 1.64 bits per heavy atom. The van der Waals surface area contributed by atoms with Gasteiger partial charge in [0.25, 0.3) is 0 Å². The van der Waals surface area contributed by atoms with Gasteiger partial charge in [-0.05, 0) is 0 Å². The van der Waals surface area contributed by atoms with Crippen molar-refractivity contribution in [3.8, 4) is 0 Å². The summed E-state index contributed by atoms with van der Waals surface area (Å²) in [4.78, 5) is 11.0. The first-order chi connectivity index (χ1) is 5.13. The van der Waals surface area contributed by atoms with Crippen LogP contribution in [0.5, 0.6) is 0 Å². The van der Waals surface area contributed by atoms with Gasteiger partial charge in [-0.3, -0.25) is 4.79 Å². The summed E-state index contributed by atoms with van der Waals surface area (Å²) < 4.78 is 1.83. The van der Waals surface area contributed by atoms with Gasteiger partial charge in [-0.1, -0.05) is 18.3 Å². The molecule has 0 spiro atoms. The molecule has 1 amide bonds. The van der Waals surface area contributed by atoms with Crippen molar-refractivity contribution >= 4 is 14.9 Å². The van der Waals surface area contributed by atoms with Crippen molar-refractivity contribution in [2.24, 2.45) is 0 Å². The van der Waals surface area contributed by atoms with E-state index in [9.17, 15) is 4.79 Å². The van der Waals surface area contributed by atoms with Gasteiger partial charge in [0.2, 0.25) is 5.91 Å². The van der Waals surface area contributed by atoms with Gasteiger partial charge in [0.1, 0.15) is 0 Å². The Balaban J connectivity index is 4.19. The van der Waals surface area contributed by atoms with E-state index < -0.39 is 8.96 Å². The molecule has 0 bridgehead atoms. The second-order valence-corrected chi connectivity index (χ2v) is 5.01. The monoisotopic (exact) mass is 169 g/mol. The highest BCUT2D eigenvalue weighted by Gasteiger charge is 2.12. The molecule has 0 saturated carbocycles. The molecule has 2 nitrogen and oxygen atoms in total. The summed E-state index contributed by atoms with van der Waals surface area (Å²) in [7, 11) is -1.20. The zero-order valence-electron chi connectivity index (χ0n) is 7.21. The molecule has 0 aromatic carbocycles. The lowest BCUT2D eigenvalue weighted by molar-refractivity contribution is -0.124. The summed E-state index contributed by atoms with van der Waals surface area (Å²) in [6.45, 7) is 11.6. The highest BCUT2D eigenvalue weighted by atomic mass is 28.3. The lowest BCUT2D eigenvalue weighted by Crippen LogP contribution is -2.39. The van der Waals surface area contributed by atoms with Crippen molar-refractivity contribution in [3.05, 3.63) is 24.9 Å². The first-order valence-corrected chi connectivity index (χ1v) is 5.98. The Kier molecular flexibility index (Phi) is 4.53. The van der Waals surface area contributed by atoms with Crippen molar-refractivity contribution < 1.29 is 4.79 Å². The third-order valence-electron chi connectivity index (χ3n) is 1.56. The van der Waals surface area contributed by atoms with Crippen LogP contribution in [0.4, 0.5) is 0 Å². The molecule has 0 aliphatic heterocycles. The van der Waals surface area contributed by atoms with Crippen LogP contribution in [-0.4, -0.2) is 26.0 Å². The first-order valence-electron chi connectivity index (χ1n) is 3.64. The van der Waals surface area contributed by atoms with Gasteiger partial charge in [0.15, 0.2) is 8.96 Å². The van der Waals surface area contributed by atoms with Crippen LogP contribution in [0.25, 0.3) is 0 Å². The minimum Gasteiger partial charge on any atom is -0.366 e. The molecule has 1 unspecified atom stereocenters. The van der Waals surface area contributed by atoms with Crippen molar-refractivity contribution in [1.82, 2.24) is 4.57 Å². The number of rotatable bonds is 4. The number of nitrogens with zero attached hydrogens (tertiary/aromatic N) is 1. The number of hydrogen-bond acceptors (Lipinski definition) is 1. The molecule has 0 aromatic heterocycles. The maximum atomic E-state index is 11.0. The van der Waals surface area contributed by atoms with Crippen LogP contribution in [0.15, 0.2) is 24.9 Å². The van der Waals surface area contributed by atoms with E-state index in [2.05, 4.69) is 19.7 Å². The molecule has 62 valence electrons. The van der Waals surface area contributed by atoms with E-state index >= 15 is 0 Å². The van der Waals surface area contributed by atoms with E-state index in [1.807, 2.05) is 10.3 Å². The molecule has 0 N–H and O–H groups in total. The molecule has 0 aliphatic rings. The third kappa shape index (κ3) is 3.18. The quantitative estimate of drug-likeness (QED) is 0.456. The smallest absolute Gasteiger partial charge is 0.211 e. The predicted molar refractivity (Wildman–Crippen MR) is 50.8 cm³/mol. The standard InChI is InChI=1S/C8H15NOSi/c1-5-7-9(8(3)10)11(4)6-2/h5-6,11H,1-2,7H2,3-4H3. The third-order valence-corrected chi connectivity index (χ3v) is 3.80. The highest BCUT2D eigenvalue weighted by Crippen LogP contribution is 1.96. The average molecular weight is 169 g/mol. The summed E-state index contributed by atoms with van der Waals surface area (Å²) in [5.41, 5.74) is 1.88. The molecule has 0 radical (unpaired) electrons. The molecule has 1 atom stereocenters. The molecule has 11 heavy (non-hydrogen) atoms. The van der Waals surface area contributed by atoms with Gasteiger partial charge in [-0.15, -0.1) is 13.2 Å². The Morgan fingerprint density at radius 3 is 2.45 bits per heavy atom. The lowest BCUT2D eigenvalue weighted by Gasteiger charge is -2.23. The molecule has 0 saturated heterocycles. The number of carbonyl (C=O) groups is 1. The highest BCUT2D eigenvalue weighted by molar-refractivity contribution is 6.62. The summed E-state index contributed by atoms with van der Waals surface area (Å²) in [6.07, 6.45) is 1.74. The number of hydrogen-bond donors (Lipinski definition) is 0. The Labute approximate surface area is 69.9 Å². The predicted octanol–water partition coefficient (Wildman–Crippen LogP) is 1.10. The summed E-state index contributed by atoms with van der Waals surface area (Å²) in [5, 5.41) is 0. The average Bonchev–Trinajstić information content (AvgIpc) is 1.98. The van der Waals surface area contributed by atoms with Crippen molar-refractivity contribution in [2.45, 2.75) is 13.5 Å². The Morgan fingerprint density at radius 2 is 2.18 bits per heavy atom. The SMILES string of the molecule is C=CCN(C(C)=O)[SiH](C)C=C. The summed E-state index contributed by atoms with van der Waals surface area (Å²) in [6, 6.07) is 0. The lowest BCUT2D eigenvalue weighted by atomic mass is 10.6. The molecule has 0 rings (SSSR count). The van der Waals surface area contributed by atoms with Gasteiger partial charge < -0.3 is 4.57 Å². The molecule has 3 heteroatoms. The molecular formula is C8H15NOSi. The number of carbonyl (C=O) groups excluding carboxylic acids is 1. The van der Waals surface area contributed by atoms with E-state index in [4.69, 9.17) is 0 Å². The van der Waals surface area contributed by atoms with Crippen LogP contribution < -0.4 is 0 Å².